The molecule has 1 aromatic carbocycles. The van der Waals surface area contributed by atoms with E-state index in [-0.39, 0.29) is 11.6 Å². The maximum Gasteiger partial charge on any atom is 0.350 e. The SMILES string of the molecule is CC(C)Nc1ccccc1NC=C1C(=O)OC(C)(C)OC1=O. The van der Waals surface area contributed by atoms with Crippen LogP contribution in [-0.2, 0) is 19.1 Å². The van der Waals surface area contributed by atoms with E-state index in [1.807, 2.05) is 38.1 Å². The summed E-state index contributed by atoms with van der Waals surface area (Å²) >= 11 is 0. The fourth-order valence-corrected chi connectivity index (χ4v) is 1.97. The first kappa shape index (κ1) is 15.9. The average Bonchev–Trinajstić information content (AvgIpc) is 2.37. The van der Waals surface area contributed by atoms with E-state index < -0.39 is 17.7 Å². The lowest BCUT2D eigenvalue weighted by molar-refractivity contribution is -0.222. The van der Waals surface area contributed by atoms with Crippen molar-refractivity contribution in [3.8, 4) is 0 Å². The molecular weight excluding hydrogens is 284 g/mol. The van der Waals surface area contributed by atoms with Gasteiger partial charge in [0.15, 0.2) is 5.57 Å². The number of esters is 2. The van der Waals surface area contributed by atoms with Crippen molar-refractivity contribution in [3.63, 3.8) is 0 Å². The van der Waals surface area contributed by atoms with Crippen LogP contribution in [0.1, 0.15) is 27.7 Å². The molecule has 0 saturated carbocycles. The standard InChI is InChI=1S/C16H20N2O4/c1-10(2)18-13-8-6-5-7-12(13)17-9-11-14(19)21-16(3,4)22-15(11)20/h5-10,17-18H,1-4H3. The van der Waals surface area contributed by atoms with Gasteiger partial charge in [0.2, 0.25) is 0 Å². The summed E-state index contributed by atoms with van der Waals surface area (Å²) in [6.45, 7) is 7.06. The first-order valence-corrected chi connectivity index (χ1v) is 7.07. The Hall–Kier alpha value is -2.50. The van der Waals surface area contributed by atoms with Crippen LogP contribution in [0.5, 0.6) is 0 Å². The summed E-state index contributed by atoms with van der Waals surface area (Å²) in [6.07, 6.45) is 1.31. The highest BCUT2D eigenvalue weighted by molar-refractivity contribution is 6.15. The zero-order valence-electron chi connectivity index (χ0n) is 13.1. The van der Waals surface area contributed by atoms with Crippen LogP contribution in [0, 0.1) is 0 Å². The number of rotatable bonds is 4. The molecule has 0 aliphatic carbocycles. The molecular formula is C16H20N2O4. The molecule has 0 bridgehead atoms. The number of carbonyl (C=O) groups excluding carboxylic acids is 2. The zero-order chi connectivity index (χ0) is 16.3. The summed E-state index contributed by atoms with van der Waals surface area (Å²) in [6, 6.07) is 7.75. The lowest BCUT2D eigenvalue weighted by Gasteiger charge is -2.29. The Morgan fingerprint density at radius 1 is 1.05 bits per heavy atom. The Kier molecular flexibility index (Phi) is 4.40. The molecule has 2 N–H and O–H groups in total. The Morgan fingerprint density at radius 3 is 2.14 bits per heavy atom. The third kappa shape index (κ3) is 3.78. The van der Waals surface area contributed by atoms with Crippen molar-refractivity contribution < 1.29 is 19.1 Å². The maximum absolute atomic E-state index is 11.9. The molecule has 0 spiro atoms. The fraction of sp³-hybridized carbons (Fsp3) is 0.375. The Balaban J connectivity index is 2.18. The number of cyclic esters (lactones) is 2. The molecule has 2 rings (SSSR count). The highest BCUT2D eigenvalue weighted by Gasteiger charge is 2.38. The average molecular weight is 304 g/mol. The first-order chi connectivity index (χ1) is 10.3. The Morgan fingerprint density at radius 2 is 1.59 bits per heavy atom. The number of para-hydroxylation sites is 2. The van der Waals surface area contributed by atoms with Crippen molar-refractivity contribution >= 4 is 23.3 Å². The largest absolute Gasteiger partial charge is 0.419 e. The zero-order valence-corrected chi connectivity index (χ0v) is 13.1. The second-order valence-corrected chi connectivity index (χ2v) is 5.73. The molecule has 0 atom stereocenters. The Bertz CT molecular complexity index is 598. The highest BCUT2D eigenvalue weighted by atomic mass is 16.7. The lowest BCUT2D eigenvalue weighted by Crippen LogP contribution is -2.42. The molecule has 118 valence electrons. The molecule has 0 unspecified atom stereocenters. The molecule has 1 saturated heterocycles. The molecule has 0 amide bonds. The molecule has 6 nitrogen and oxygen atoms in total. The number of anilines is 2. The van der Waals surface area contributed by atoms with E-state index in [2.05, 4.69) is 10.6 Å². The van der Waals surface area contributed by atoms with Crippen molar-refractivity contribution in [3.05, 3.63) is 36.0 Å². The van der Waals surface area contributed by atoms with Crippen molar-refractivity contribution in [1.29, 1.82) is 0 Å². The van der Waals surface area contributed by atoms with Gasteiger partial charge < -0.3 is 20.1 Å². The number of nitrogens with one attached hydrogen (secondary N) is 2. The predicted octanol–water partition coefficient (Wildman–Crippen LogP) is 2.64. The molecule has 1 aromatic rings. The molecule has 22 heavy (non-hydrogen) atoms. The molecule has 0 aromatic heterocycles. The number of carbonyl (C=O) groups is 2. The maximum atomic E-state index is 11.9. The van der Waals surface area contributed by atoms with E-state index in [1.54, 1.807) is 0 Å². The van der Waals surface area contributed by atoms with Crippen LogP contribution >= 0.6 is 0 Å². The second kappa shape index (κ2) is 6.09. The van der Waals surface area contributed by atoms with E-state index >= 15 is 0 Å². The predicted molar refractivity (Wildman–Crippen MR) is 83.2 cm³/mol. The fourth-order valence-electron chi connectivity index (χ4n) is 1.97. The highest BCUT2D eigenvalue weighted by Crippen LogP contribution is 2.25. The van der Waals surface area contributed by atoms with Crippen molar-refractivity contribution in [2.24, 2.45) is 0 Å². The van der Waals surface area contributed by atoms with Crippen LogP contribution in [0.2, 0.25) is 0 Å². The third-order valence-electron chi connectivity index (χ3n) is 2.86. The van der Waals surface area contributed by atoms with Gasteiger partial charge in [-0.1, -0.05) is 12.1 Å². The molecule has 1 heterocycles. The third-order valence-corrected chi connectivity index (χ3v) is 2.86. The van der Waals surface area contributed by atoms with E-state index in [0.29, 0.717) is 0 Å². The molecule has 6 heteroatoms. The smallest absolute Gasteiger partial charge is 0.350 e. The van der Waals surface area contributed by atoms with Crippen molar-refractivity contribution in [2.75, 3.05) is 10.6 Å². The van der Waals surface area contributed by atoms with Crippen molar-refractivity contribution in [1.82, 2.24) is 0 Å². The summed E-state index contributed by atoms with van der Waals surface area (Å²) in [7, 11) is 0. The molecule has 1 aliphatic rings. The van der Waals surface area contributed by atoms with Crippen LogP contribution in [0.15, 0.2) is 36.0 Å². The second-order valence-electron chi connectivity index (χ2n) is 5.73. The van der Waals surface area contributed by atoms with Gasteiger partial charge in [-0.2, -0.15) is 0 Å². The van der Waals surface area contributed by atoms with Crippen molar-refractivity contribution in [2.45, 2.75) is 39.5 Å². The summed E-state index contributed by atoms with van der Waals surface area (Å²) in [5.74, 6) is -2.64. The minimum Gasteiger partial charge on any atom is -0.419 e. The number of benzene rings is 1. The summed E-state index contributed by atoms with van der Waals surface area (Å²) in [4.78, 5) is 23.7. The van der Waals surface area contributed by atoms with Crippen LogP contribution in [0.4, 0.5) is 11.4 Å². The van der Waals surface area contributed by atoms with Gasteiger partial charge in [-0.15, -0.1) is 0 Å². The van der Waals surface area contributed by atoms with Gasteiger partial charge in [-0.25, -0.2) is 9.59 Å². The summed E-state index contributed by atoms with van der Waals surface area (Å²) < 4.78 is 10.1. The molecule has 1 fully saturated rings. The van der Waals surface area contributed by atoms with Gasteiger partial charge in [0, 0.05) is 26.1 Å². The summed E-state index contributed by atoms with van der Waals surface area (Å²) in [5.41, 5.74) is 1.44. The van der Waals surface area contributed by atoms with Gasteiger partial charge in [-0.05, 0) is 26.0 Å². The van der Waals surface area contributed by atoms with Crippen LogP contribution < -0.4 is 10.6 Å². The topological polar surface area (TPSA) is 76.7 Å². The number of hydrogen-bond donors (Lipinski definition) is 2. The van der Waals surface area contributed by atoms with E-state index in [9.17, 15) is 9.59 Å². The van der Waals surface area contributed by atoms with E-state index in [0.717, 1.165) is 11.4 Å². The quantitative estimate of drug-likeness (QED) is 0.506. The van der Waals surface area contributed by atoms with Gasteiger partial charge in [0.25, 0.3) is 5.79 Å². The minimum atomic E-state index is -1.23. The number of ether oxygens (including phenoxy) is 2. The minimum absolute atomic E-state index is 0.168. The Labute approximate surface area is 129 Å². The van der Waals surface area contributed by atoms with E-state index in [4.69, 9.17) is 9.47 Å². The number of hydrogen-bond acceptors (Lipinski definition) is 6. The first-order valence-electron chi connectivity index (χ1n) is 7.07. The van der Waals surface area contributed by atoms with Crippen LogP contribution in [-0.4, -0.2) is 23.8 Å². The van der Waals surface area contributed by atoms with Crippen LogP contribution in [0.25, 0.3) is 0 Å². The summed E-state index contributed by atoms with van der Waals surface area (Å²) in [5, 5.41) is 6.22. The van der Waals surface area contributed by atoms with E-state index in [1.165, 1.54) is 20.0 Å². The molecule has 0 radical (unpaired) electrons. The van der Waals surface area contributed by atoms with Gasteiger partial charge in [0.05, 0.1) is 11.4 Å². The van der Waals surface area contributed by atoms with Gasteiger partial charge in [0.1, 0.15) is 0 Å². The van der Waals surface area contributed by atoms with Gasteiger partial charge >= 0.3 is 11.9 Å². The molecule has 1 aliphatic heterocycles. The monoisotopic (exact) mass is 304 g/mol. The van der Waals surface area contributed by atoms with Crippen LogP contribution in [0.3, 0.4) is 0 Å². The van der Waals surface area contributed by atoms with Gasteiger partial charge in [-0.3, -0.25) is 0 Å². The lowest BCUT2D eigenvalue weighted by atomic mass is 10.2. The normalized spacial score (nSPS) is 16.9.